The van der Waals surface area contributed by atoms with Gasteiger partial charge in [-0.25, -0.2) is 9.37 Å². The van der Waals surface area contributed by atoms with Crippen LogP contribution < -0.4 is 5.32 Å². The highest BCUT2D eigenvalue weighted by atomic mass is 32.1. The Morgan fingerprint density at radius 2 is 1.71 bits per heavy atom. The van der Waals surface area contributed by atoms with E-state index in [9.17, 15) is 14.0 Å². The predicted molar refractivity (Wildman–Crippen MR) is 110 cm³/mol. The van der Waals surface area contributed by atoms with Crippen molar-refractivity contribution in [2.24, 2.45) is 0 Å². The molecule has 0 saturated carbocycles. The Balaban J connectivity index is 1.60. The van der Waals surface area contributed by atoms with Crippen LogP contribution in [0.2, 0.25) is 0 Å². The van der Waals surface area contributed by atoms with E-state index in [0.29, 0.717) is 16.4 Å². The zero-order valence-corrected chi connectivity index (χ0v) is 16.8. The van der Waals surface area contributed by atoms with Gasteiger partial charge in [0.1, 0.15) is 5.82 Å². The normalized spacial score (nSPS) is 10.7. The van der Waals surface area contributed by atoms with Crippen molar-refractivity contribution in [1.82, 2.24) is 4.98 Å². The Labute approximate surface area is 167 Å². The average molecular weight is 396 g/mol. The van der Waals surface area contributed by atoms with Crippen LogP contribution in [-0.2, 0) is 4.79 Å². The van der Waals surface area contributed by atoms with E-state index in [-0.39, 0.29) is 30.3 Å². The first kappa shape index (κ1) is 19.9. The number of Topliss-reactive ketones (excluding diaryl/α,β-unsaturated/α-hetero) is 1. The molecular weight excluding hydrogens is 375 g/mol. The molecular formula is C22H21FN2O2S. The van der Waals surface area contributed by atoms with Crippen LogP contribution in [0.4, 0.5) is 9.52 Å². The second-order valence-electron chi connectivity index (χ2n) is 6.70. The van der Waals surface area contributed by atoms with Crippen molar-refractivity contribution in [2.45, 2.75) is 33.6 Å². The van der Waals surface area contributed by atoms with Gasteiger partial charge in [0.15, 0.2) is 10.9 Å². The number of hydrogen-bond acceptors (Lipinski definition) is 4. The maximum Gasteiger partial charge on any atom is 0.226 e. The van der Waals surface area contributed by atoms with Crippen LogP contribution in [-0.4, -0.2) is 16.7 Å². The van der Waals surface area contributed by atoms with Gasteiger partial charge in [-0.3, -0.25) is 9.59 Å². The van der Waals surface area contributed by atoms with Crippen LogP contribution in [0, 0.1) is 26.6 Å². The molecule has 3 rings (SSSR count). The minimum Gasteiger partial charge on any atom is -0.302 e. The van der Waals surface area contributed by atoms with Crippen LogP contribution in [0.15, 0.2) is 42.5 Å². The highest BCUT2D eigenvalue weighted by Gasteiger charge is 2.14. The summed E-state index contributed by atoms with van der Waals surface area (Å²) in [6.45, 7) is 5.85. The standard InChI is InChI=1S/C22H21FN2O2S/c1-13-4-5-17(12-14(13)2)19(26)10-11-20(27)24-22-25-21(15(3)28-22)16-6-8-18(23)9-7-16/h4-9,12H,10-11H2,1-3H3,(H,24,25,27). The summed E-state index contributed by atoms with van der Waals surface area (Å²) in [4.78, 5) is 29.9. The number of thiazole rings is 1. The number of hydrogen-bond donors (Lipinski definition) is 1. The number of ketones is 1. The number of carbonyl (C=O) groups excluding carboxylic acids is 2. The number of benzene rings is 2. The number of amides is 1. The first-order valence-electron chi connectivity index (χ1n) is 8.97. The number of nitrogens with zero attached hydrogens (tertiary/aromatic N) is 1. The molecule has 144 valence electrons. The molecule has 0 bridgehead atoms. The number of halogens is 1. The summed E-state index contributed by atoms with van der Waals surface area (Å²) in [5.41, 5.74) is 4.32. The lowest BCUT2D eigenvalue weighted by Crippen LogP contribution is -2.13. The van der Waals surface area contributed by atoms with Gasteiger partial charge in [-0.15, -0.1) is 11.3 Å². The summed E-state index contributed by atoms with van der Waals surface area (Å²) >= 11 is 1.35. The summed E-state index contributed by atoms with van der Waals surface area (Å²) in [5, 5.41) is 3.23. The molecule has 3 aromatic rings. The van der Waals surface area contributed by atoms with Gasteiger partial charge >= 0.3 is 0 Å². The topological polar surface area (TPSA) is 59.1 Å². The fraction of sp³-hybridized carbons (Fsp3) is 0.227. The Hall–Kier alpha value is -2.86. The second-order valence-corrected chi connectivity index (χ2v) is 7.90. The quantitative estimate of drug-likeness (QED) is 0.562. The molecule has 0 spiro atoms. The molecule has 1 heterocycles. The van der Waals surface area contributed by atoms with E-state index in [1.165, 1.54) is 23.5 Å². The van der Waals surface area contributed by atoms with E-state index in [1.54, 1.807) is 18.2 Å². The monoisotopic (exact) mass is 396 g/mol. The van der Waals surface area contributed by atoms with Crippen molar-refractivity contribution in [3.05, 3.63) is 69.8 Å². The van der Waals surface area contributed by atoms with Gasteiger partial charge in [-0.2, -0.15) is 0 Å². The molecule has 0 aliphatic rings. The zero-order chi connectivity index (χ0) is 20.3. The molecule has 6 heteroatoms. The minimum absolute atomic E-state index is 0.0550. The van der Waals surface area contributed by atoms with E-state index in [2.05, 4.69) is 10.3 Å². The van der Waals surface area contributed by atoms with Crippen LogP contribution in [0.3, 0.4) is 0 Å². The lowest BCUT2D eigenvalue weighted by atomic mass is 10.0. The smallest absolute Gasteiger partial charge is 0.226 e. The summed E-state index contributed by atoms with van der Waals surface area (Å²) in [6, 6.07) is 11.6. The molecule has 0 aliphatic heterocycles. The van der Waals surface area contributed by atoms with Crippen molar-refractivity contribution in [2.75, 3.05) is 5.32 Å². The van der Waals surface area contributed by atoms with Crippen molar-refractivity contribution in [3.63, 3.8) is 0 Å². The third-order valence-corrected chi connectivity index (χ3v) is 5.45. The zero-order valence-electron chi connectivity index (χ0n) is 16.0. The van der Waals surface area contributed by atoms with E-state index in [0.717, 1.165) is 21.6 Å². The summed E-state index contributed by atoms with van der Waals surface area (Å²) in [6.07, 6.45) is 0.236. The van der Waals surface area contributed by atoms with Crippen molar-refractivity contribution < 1.29 is 14.0 Å². The fourth-order valence-corrected chi connectivity index (χ4v) is 3.65. The first-order valence-corrected chi connectivity index (χ1v) is 9.79. The van der Waals surface area contributed by atoms with Gasteiger partial charge in [-0.1, -0.05) is 12.1 Å². The molecule has 1 aromatic heterocycles. The predicted octanol–water partition coefficient (Wildman–Crippen LogP) is 5.48. The van der Waals surface area contributed by atoms with Gasteiger partial charge in [0.05, 0.1) is 5.69 Å². The van der Waals surface area contributed by atoms with Gasteiger partial charge in [0.25, 0.3) is 0 Å². The summed E-state index contributed by atoms with van der Waals surface area (Å²) in [7, 11) is 0. The highest BCUT2D eigenvalue weighted by molar-refractivity contribution is 7.16. The molecule has 0 fully saturated rings. The molecule has 0 unspecified atom stereocenters. The third-order valence-electron chi connectivity index (χ3n) is 4.57. The number of anilines is 1. The molecule has 1 N–H and O–H groups in total. The first-order chi connectivity index (χ1) is 13.3. The maximum absolute atomic E-state index is 13.1. The SMILES string of the molecule is Cc1ccc(C(=O)CCC(=O)Nc2nc(-c3ccc(F)cc3)c(C)s2)cc1C. The highest BCUT2D eigenvalue weighted by Crippen LogP contribution is 2.30. The van der Waals surface area contributed by atoms with Crippen LogP contribution in [0.25, 0.3) is 11.3 Å². The number of carbonyl (C=O) groups is 2. The van der Waals surface area contributed by atoms with Crippen molar-refractivity contribution in [1.29, 1.82) is 0 Å². The van der Waals surface area contributed by atoms with Gasteiger partial charge < -0.3 is 5.32 Å². The maximum atomic E-state index is 13.1. The molecule has 0 saturated heterocycles. The number of aryl methyl sites for hydroxylation is 3. The second kappa shape index (κ2) is 8.44. The molecule has 2 aromatic carbocycles. The third kappa shape index (κ3) is 4.70. The van der Waals surface area contributed by atoms with Gasteiger partial charge in [0, 0.05) is 28.8 Å². The van der Waals surface area contributed by atoms with Crippen LogP contribution >= 0.6 is 11.3 Å². The Morgan fingerprint density at radius 1 is 1.00 bits per heavy atom. The lowest BCUT2D eigenvalue weighted by Gasteiger charge is -2.05. The van der Waals surface area contributed by atoms with Gasteiger partial charge in [0.2, 0.25) is 5.91 Å². The summed E-state index contributed by atoms with van der Waals surface area (Å²) in [5.74, 6) is -0.615. The fourth-order valence-electron chi connectivity index (χ4n) is 2.79. The molecule has 0 atom stereocenters. The van der Waals surface area contributed by atoms with E-state index in [4.69, 9.17) is 0 Å². The lowest BCUT2D eigenvalue weighted by molar-refractivity contribution is -0.116. The van der Waals surface area contributed by atoms with Crippen LogP contribution in [0.5, 0.6) is 0 Å². The molecule has 1 amide bonds. The Morgan fingerprint density at radius 3 is 2.39 bits per heavy atom. The van der Waals surface area contributed by atoms with E-state index in [1.807, 2.05) is 32.9 Å². The van der Waals surface area contributed by atoms with E-state index < -0.39 is 0 Å². The number of nitrogens with one attached hydrogen (secondary N) is 1. The number of rotatable bonds is 6. The summed E-state index contributed by atoms with van der Waals surface area (Å²) < 4.78 is 13.1. The van der Waals surface area contributed by atoms with Crippen LogP contribution in [0.1, 0.15) is 39.2 Å². The number of aromatic nitrogens is 1. The Bertz CT molecular complexity index is 1030. The molecule has 4 nitrogen and oxygen atoms in total. The van der Waals surface area contributed by atoms with E-state index >= 15 is 0 Å². The van der Waals surface area contributed by atoms with Crippen molar-refractivity contribution >= 4 is 28.2 Å². The minimum atomic E-state index is -0.307. The average Bonchev–Trinajstić information content (AvgIpc) is 3.02. The largest absolute Gasteiger partial charge is 0.302 e. The molecule has 0 aliphatic carbocycles. The molecule has 0 radical (unpaired) electrons. The van der Waals surface area contributed by atoms with Crippen molar-refractivity contribution in [3.8, 4) is 11.3 Å². The Kier molecular flexibility index (Phi) is 5.99. The molecule has 28 heavy (non-hydrogen) atoms. The van der Waals surface area contributed by atoms with Gasteiger partial charge in [-0.05, 0) is 62.2 Å².